The van der Waals surface area contributed by atoms with Crippen LogP contribution >= 0.6 is 11.6 Å². The summed E-state index contributed by atoms with van der Waals surface area (Å²) in [4.78, 5) is 9.90. The zero-order valence-electron chi connectivity index (χ0n) is 18.6. The molecule has 1 aliphatic rings. The van der Waals surface area contributed by atoms with Crippen LogP contribution < -0.4 is 15.1 Å². The van der Waals surface area contributed by atoms with E-state index < -0.39 is 0 Å². The largest absolute Gasteiger partial charge is 0.383 e. The van der Waals surface area contributed by atoms with Crippen LogP contribution in [-0.4, -0.2) is 50.9 Å². The van der Waals surface area contributed by atoms with E-state index in [2.05, 4.69) is 59.3 Å². The fourth-order valence-electron chi connectivity index (χ4n) is 4.18. The van der Waals surface area contributed by atoms with Crippen molar-refractivity contribution < 1.29 is 4.74 Å². The third kappa shape index (κ3) is 5.29. The minimum atomic E-state index is 0.283. The molecule has 0 aliphatic carbocycles. The van der Waals surface area contributed by atoms with Gasteiger partial charge in [0, 0.05) is 67.5 Å². The molecule has 0 saturated carbocycles. The molecule has 4 rings (SSSR count). The van der Waals surface area contributed by atoms with E-state index in [0.29, 0.717) is 6.61 Å². The second kappa shape index (κ2) is 9.86. The van der Waals surface area contributed by atoms with Crippen LogP contribution in [0.25, 0.3) is 10.9 Å². The summed E-state index contributed by atoms with van der Waals surface area (Å²) in [5, 5.41) is 5.56. The van der Waals surface area contributed by atoms with E-state index in [1.54, 1.807) is 7.11 Å². The standard InChI is InChI=1S/C25H31ClN4O/c1-18-7-8-24-20(13-18)14-21(16-27-19(2)17-31-3)25(28-24)30-11-9-29(10-12-30)23-6-4-5-22(26)15-23/h4-8,13-15,19,27H,9-12,16-17H2,1-3H3. The van der Waals surface area contributed by atoms with Crippen molar-refractivity contribution >= 4 is 34.0 Å². The van der Waals surface area contributed by atoms with Crippen molar-refractivity contribution in [3.05, 3.63) is 64.7 Å². The molecule has 6 heteroatoms. The van der Waals surface area contributed by atoms with Crippen LogP contribution in [0.4, 0.5) is 11.5 Å². The highest BCUT2D eigenvalue weighted by Crippen LogP contribution is 2.27. The number of ether oxygens (including phenoxy) is 1. The number of hydrogen-bond acceptors (Lipinski definition) is 5. The van der Waals surface area contributed by atoms with Crippen molar-refractivity contribution in [3.8, 4) is 0 Å². The number of aromatic nitrogens is 1. The first-order valence-electron chi connectivity index (χ1n) is 10.9. The number of hydrogen-bond donors (Lipinski definition) is 1. The van der Waals surface area contributed by atoms with Gasteiger partial charge in [0.2, 0.25) is 0 Å². The van der Waals surface area contributed by atoms with Crippen molar-refractivity contribution in [2.45, 2.75) is 26.4 Å². The van der Waals surface area contributed by atoms with Gasteiger partial charge in [-0.3, -0.25) is 0 Å². The topological polar surface area (TPSA) is 40.6 Å². The lowest BCUT2D eigenvalue weighted by molar-refractivity contribution is 0.171. The molecule has 1 aliphatic heterocycles. The number of piperazine rings is 1. The number of rotatable bonds is 7. The lowest BCUT2D eigenvalue weighted by atomic mass is 10.1. The van der Waals surface area contributed by atoms with Gasteiger partial charge in [-0.2, -0.15) is 0 Å². The number of benzene rings is 2. The molecule has 31 heavy (non-hydrogen) atoms. The monoisotopic (exact) mass is 438 g/mol. The Hall–Kier alpha value is -2.34. The zero-order valence-corrected chi connectivity index (χ0v) is 19.3. The van der Waals surface area contributed by atoms with Gasteiger partial charge < -0.3 is 19.9 Å². The Labute approximate surface area is 190 Å². The van der Waals surface area contributed by atoms with Gasteiger partial charge in [-0.1, -0.05) is 29.3 Å². The average Bonchev–Trinajstić information content (AvgIpc) is 2.77. The van der Waals surface area contributed by atoms with E-state index >= 15 is 0 Å². The molecule has 1 aromatic heterocycles. The van der Waals surface area contributed by atoms with Crippen molar-refractivity contribution in [1.82, 2.24) is 10.3 Å². The summed E-state index contributed by atoms with van der Waals surface area (Å²) in [5.41, 5.74) is 4.72. The van der Waals surface area contributed by atoms with Gasteiger partial charge in [0.1, 0.15) is 5.82 Å². The SMILES string of the molecule is COCC(C)NCc1cc2cc(C)ccc2nc1N1CCN(c2cccc(Cl)c2)CC1. The second-order valence-electron chi connectivity index (χ2n) is 8.36. The van der Waals surface area contributed by atoms with Crippen LogP contribution in [0.15, 0.2) is 48.5 Å². The fourth-order valence-corrected chi connectivity index (χ4v) is 4.36. The Balaban J connectivity index is 1.56. The van der Waals surface area contributed by atoms with Gasteiger partial charge >= 0.3 is 0 Å². The summed E-state index contributed by atoms with van der Waals surface area (Å²) < 4.78 is 5.28. The number of aryl methyl sites for hydroxylation is 1. The highest BCUT2D eigenvalue weighted by molar-refractivity contribution is 6.30. The molecule has 0 bridgehead atoms. The maximum absolute atomic E-state index is 6.20. The van der Waals surface area contributed by atoms with Gasteiger partial charge in [0.05, 0.1) is 12.1 Å². The van der Waals surface area contributed by atoms with E-state index in [9.17, 15) is 0 Å². The first-order valence-corrected chi connectivity index (χ1v) is 11.3. The minimum Gasteiger partial charge on any atom is -0.383 e. The smallest absolute Gasteiger partial charge is 0.133 e. The number of halogens is 1. The van der Waals surface area contributed by atoms with E-state index in [4.69, 9.17) is 21.3 Å². The molecular weight excluding hydrogens is 408 g/mol. The first-order chi connectivity index (χ1) is 15.0. The summed E-state index contributed by atoms with van der Waals surface area (Å²) in [6.45, 7) is 9.47. The molecule has 1 N–H and O–H groups in total. The highest BCUT2D eigenvalue weighted by atomic mass is 35.5. The molecule has 1 atom stereocenters. The predicted molar refractivity (Wildman–Crippen MR) is 131 cm³/mol. The first kappa shape index (κ1) is 21.9. The van der Waals surface area contributed by atoms with Crippen LogP contribution in [0.3, 0.4) is 0 Å². The molecule has 2 aromatic carbocycles. The lowest BCUT2D eigenvalue weighted by Crippen LogP contribution is -2.47. The summed E-state index contributed by atoms with van der Waals surface area (Å²) in [6, 6.07) is 17.2. The summed E-state index contributed by atoms with van der Waals surface area (Å²) in [5.74, 6) is 1.08. The fraction of sp³-hybridized carbons (Fsp3) is 0.400. The van der Waals surface area contributed by atoms with E-state index in [1.165, 1.54) is 22.2 Å². The molecule has 5 nitrogen and oxygen atoms in total. The summed E-state index contributed by atoms with van der Waals surface area (Å²) in [6.07, 6.45) is 0. The van der Waals surface area contributed by atoms with Gasteiger partial charge in [0.25, 0.3) is 0 Å². The molecule has 0 spiro atoms. The normalized spacial score (nSPS) is 15.5. The molecule has 1 unspecified atom stereocenters. The van der Waals surface area contributed by atoms with Gasteiger partial charge in [-0.15, -0.1) is 0 Å². The van der Waals surface area contributed by atoms with E-state index in [-0.39, 0.29) is 6.04 Å². The van der Waals surface area contributed by atoms with Crippen molar-refractivity contribution in [2.75, 3.05) is 49.7 Å². The third-order valence-corrected chi connectivity index (χ3v) is 6.07. The third-order valence-electron chi connectivity index (χ3n) is 5.84. The number of nitrogens with one attached hydrogen (secondary N) is 1. The molecule has 2 heterocycles. The summed E-state index contributed by atoms with van der Waals surface area (Å²) in [7, 11) is 1.74. The Bertz CT molecular complexity index is 1030. The Kier molecular flexibility index (Phi) is 6.96. The average molecular weight is 439 g/mol. The molecule has 0 amide bonds. The molecule has 1 saturated heterocycles. The van der Waals surface area contributed by atoms with E-state index in [0.717, 1.165) is 49.1 Å². The quantitative estimate of drug-likeness (QED) is 0.581. The van der Waals surface area contributed by atoms with Crippen LogP contribution in [-0.2, 0) is 11.3 Å². The second-order valence-corrected chi connectivity index (χ2v) is 8.79. The van der Waals surface area contributed by atoms with Crippen LogP contribution in [0.2, 0.25) is 5.02 Å². The maximum Gasteiger partial charge on any atom is 0.133 e. The number of pyridine rings is 1. The van der Waals surface area contributed by atoms with Gasteiger partial charge in [-0.25, -0.2) is 4.98 Å². The van der Waals surface area contributed by atoms with Crippen molar-refractivity contribution in [3.63, 3.8) is 0 Å². The molecular formula is C25H31ClN4O. The number of anilines is 2. The zero-order chi connectivity index (χ0) is 21.8. The summed E-state index contributed by atoms with van der Waals surface area (Å²) >= 11 is 6.20. The Morgan fingerprint density at radius 3 is 2.58 bits per heavy atom. The maximum atomic E-state index is 6.20. The van der Waals surface area contributed by atoms with E-state index in [1.807, 2.05) is 18.2 Å². The number of fused-ring (bicyclic) bond motifs is 1. The van der Waals surface area contributed by atoms with Gasteiger partial charge in [0.15, 0.2) is 0 Å². The Morgan fingerprint density at radius 1 is 1.06 bits per heavy atom. The highest BCUT2D eigenvalue weighted by Gasteiger charge is 2.21. The van der Waals surface area contributed by atoms with Crippen LogP contribution in [0.1, 0.15) is 18.1 Å². The molecule has 164 valence electrons. The van der Waals surface area contributed by atoms with Gasteiger partial charge in [-0.05, 0) is 50.2 Å². The minimum absolute atomic E-state index is 0.283. The van der Waals surface area contributed by atoms with Crippen LogP contribution in [0.5, 0.6) is 0 Å². The number of nitrogens with zero attached hydrogens (tertiary/aromatic N) is 3. The number of methoxy groups -OCH3 is 1. The predicted octanol–water partition coefficient (Wildman–Crippen LogP) is 4.65. The van der Waals surface area contributed by atoms with Crippen molar-refractivity contribution in [2.24, 2.45) is 0 Å². The van der Waals surface area contributed by atoms with Crippen molar-refractivity contribution in [1.29, 1.82) is 0 Å². The molecule has 3 aromatic rings. The van der Waals surface area contributed by atoms with Crippen LogP contribution in [0, 0.1) is 6.92 Å². The lowest BCUT2D eigenvalue weighted by Gasteiger charge is -2.37. The molecule has 0 radical (unpaired) electrons. The molecule has 1 fully saturated rings. The Morgan fingerprint density at radius 2 is 1.84 bits per heavy atom.